The normalized spacial score (nSPS) is 20.5. The van der Waals surface area contributed by atoms with E-state index in [9.17, 15) is 20.6 Å². The molecule has 2 N–H and O–H groups in total. The minimum atomic E-state index is -1.83. The van der Waals surface area contributed by atoms with Crippen molar-refractivity contribution in [2.45, 2.75) is 52.1 Å². The highest BCUT2D eigenvalue weighted by Crippen LogP contribution is 2.55. The summed E-state index contributed by atoms with van der Waals surface area (Å²) in [6.45, 7) is 8.30. The zero-order valence-corrected chi connectivity index (χ0v) is 22.0. The molecular weight excluding hydrogens is 470 g/mol. The summed E-state index contributed by atoms with van der Waals surface area (Å²) in [6, 6.07) is 11.6. The molecule has 9 nitrogen and oxygen atoms in total. The fourth-order valence-corrected chi connectivity index (χ4v) is 4.86. The Bertz CT molecular complexity index is 1220. The number of carbonyl (C=O) groups excluding carboxylic acids is 1. The van der Waals surface area contributed by atoms with Gasteiger partial charge in [0.25, 0.3) is 0 Å². The van der Waals surface area contributed by atoms with E-state index in [4.69, 9.17) is 19.9 Å². The van der Waals surface area contributed by atoms with Crippen LogP contribution in [0.2, 0.25) is 0 Å². The Morgan fingerprint density at radius 1 is 1.22 bits per heavy atom. The van der Waals surface area contributed by atoms with Crippen LogP contribution in [0.4, 0.5) is 4.79 Å². The largest absolute Gasteiger partial charge is 0.493 e. The molecule has 0 saturated heterocycles. The van der Waals surface area contributed by atoms with Crippen molar-refractivity contribution in [1.29, 1.82) is 15.8 Å². The topological polar surface area (TPSA) is 145 Å². The van der Waals surface area contributed by atoms with Crippen molar-refractivity contribution < 1.29 is 19.0 Å². The van der Waals surface area contributed by atoms with Gasteiger partial charge in [-0.25, -0.2) is 4.79 Å². The van der Waals surface area contributed by atoms with Crippen molar-refractivity contribution in [2.24, 2.45) is 17.1 Å². The second-order valence-electron chi connectivity index (χ2n) is 10.2. The number of ether oxygens (including phenoxy) is 3. The standard InChI is InChI=1S/C28H33N5O4/c1-6-7-12-36-22-9-8-18(13-23(22)35-5)24-21-15-33(26(34)37-27(2,3)4)11-10-19(21)20(14-29)25(32)28(24,16-30)17-31/h8-10,13,21,24H,6-7,11-12,15,32H2,1-5H3. The van der Waals surface area contributed by atoms with Crippen LogP contribution in [0.15, 0.2) is 41.1 Å². The number of unbranched alkanes of at least 4 members (excludes halogenated alkanes) is 1. The number of amides is 1. The number of benzene rings is 1. The van der Waals surface area contributed by atoms with E-state index in [-0.39, 0.29) is 24.4 Å². The number of hydrogen-bond acceptors (Lipinski definition) is 8. The molecule has 1 aromatic carbocycles. The minimum absolute atomic E-state index is 0.0829. The number of methoxy groups -OCH3 is 1. The first kappa shape index (κ1) is 27.4. The maximum absolute atomic E-state index is 12.9. The Balaban J connectivity index is 2.16. The fourth-order valence-electron chi connectivity index (χ4n) is 4.86. The van der Waals surface area contributed by atoms with Crippen LogP contribution in [-0.4, -0.2) is 43.4 Å². The molecule has 1 aliphatic carbocycles. The van der Waals surface area contributed by atoms with Gasteiger partial charge in [-0.3, -0.25) is 0 Å². The predicted octanol–water partition coefficient (Wildman–Crippen LogP) is 4.53. The molecule has 194 valence electrons. The summed E-state index contributed by atoms with van der Waals surface area (Å²) in [6.07, 6.45) is 3.11. The van der Waals surface area contributed by atoms with E-state index >= 15 is 0 Å². The molecule has 0 radical (unpaired) electrons. The number of rotatable bonds is 6. The van der Waals surface area contributed by atoms with Gasteiger partial charge in [0, 0.05) is 24.9 Å². The molecule has 0 fully saturated rings. The molecule has 9 heteroatoms. The molecule has 37 heavy (non-hydrogen) atoms. The van der Waals surface area contributed by atoms with Crippen LogP contribution in [0.1, 0.15) is 52.0 Å². The van der Waals surface area contributed by atoms with E-state index in [1.54, 1.807) is 45.0 Å². The Morgan fingerprint density at radius 3 is 2.49 bits per heavy atom. The van der Waals surface area contributed by atoms with Crippen molar-refractivity contribution in [3.63, 3.8) is 0 Å². The Kier molecular flexibility index (Phi) is 8.04. The van der Waals surface area contributed by atoms with Crippen molar-refractivity contribution in [2.75, 3.05) is 26.8 Å². The van der Waals surface area contributed by atoms with E-state index in [1.807, 2.05) is 0 Å². The molecule has 2 aliphatic rings. The molecule has 2 unspecified atom stereocenters. The first-order valence-electron chi connectivity index (χ1n) is 12.3. The highest BCUT2D eigenvalue weighted by atomic mass is 16.6. The number of nitriles is 3. The van der Waals surface area contributed by atoms with Gasteiger partial charge in [0.15, 0.2) is 16.9 Å². The average Bonchev–Trinajstić information content (AvgIpc) is 2.87. The van der Waals surface area contributed by atoms with Gasteiger partial charge in [-0.05, 0) is 50.5 Å². The summed E-state index contributed by atoms with van der Waals surface area (Å²) >= 11 is 0. The van der Waals surface area contributed by atoms with Crippen LogP contribution in [0.5, 0.6) is 11.5 Å². The van der Waals surface area contributed by atoms with E-state index in [2.05, 4.69) is 25.1 Å². The lowest BCUT2D eigenvalue weighted by Gasteiger charge is -2.45. The minimum Gasteiger partial charge on any atom is -0.493 e. The summed E-state index contributed by atoms with van der Waals surface area (Å²) in [5, 5.41) is 30.6. The van der Waals surface area contributed by atoms with Crippen LogP contribution in [0.3, 0.4) is 0 Å². The predicted molar refractivity (Wildman–Crippen MR) is 136 cm³/mol. The fraction of sp³-hybridized carbons (Fsp3) is 0.500. The SMILES string of the molecule is CCCCOc1ccc(C2C3CN(C(=O)OC(C)(C)C)CC=C3C(C#N)=C(N)C2(C#N)C#N)cc1OC. The second kappa shape index (κ2) is 10.8. The highest BCUT2D eigenvalue weighted by molar-refractivity contribution is 5.70. The summed E-state index contributed by atoms with van der Waals surface area (Å²) in [7, 11) is 1.52. The number of fused-ring (bicyclic) bond motifs is 1. The lowest BCUT2D eigenvalue weighted by atomic mass is 9.58. The number of nitrogens with zero attached hydrogens (tertiary/aromatic N) is 4. The van der Waals surface area contributed by atoms with E-state index in [0.29, 0.717) is 29.2 Å². The third kappa shape index (κ3) is 5.20. The molecule has 3 rings (SSSR count). The molecule has 1 amide bonds. The number of nitrogens with two attached hydrogens (primary N) is 1. The quantitative estimate of drug-likeness (QED) is 0.557. The highest BCUT2D eigenvalue weighted by Gasteiger charge is 2.55. The van der Waals surface area contributed by atoms with E-state index in [0.717, 1.165) is 12.8 Å². The van der Waals surface area contributed by atoms with Gasteiger partial charge in [0.2, 0.25) is 0 Å². The van der Waals surface area contributed by atoms with Crippen LogP contribution >= 0.6 is 0 Å². The Hall–Kier alpha value is -4.16. The van der Waals surface area contributed by atoms with Gasteiger partial charge in [-0.15, -0.1) is 0 Å². The molecule has 1 aliphatic heterocycles. The molecule has 0 bridgehead atoms. The second-order valence-corrected chi connectivity index (χ2v) is 10.2. The summed E-state index contributed by atoms with van der Waals surface area (Å²) in [5.74, 6) is -0.336. The van der Waals surface area contributed by atoms with Crippen LogP contribution in [-0.2, 0) is 4.74 Å². The molecule has 0 spiro atoms. The van der Waals surface area contributed by atoms with Gasteiger partial charge >= 0.3 is 6.09 Å². The average molecular weight is 504 g/mol. The molecule has 0 aromatic heterocycles. The monoisotopic (exact) mass is 503 g/mol. The number of hydrogen-bond donors (Lipinski definition) is 1. The van der Waals surface area contributed by atoms with E-state index in [1.165, 1.54) is 12.0 Å². The molecule has 2 atom stereocenters. The van der Waals surface area contributed by atoms with Crippen LogP contribution < -0.4 is 15.2 Å². The van der Waals surface area contributed by atoms with Crippen molar-refractivity contribution in [3.8, 4) is 29.7 Å². The van der Waals surface area contributed by atoms with Gasteiger partial charge in [-0.1, -0.05) is 25.5 Å². The van der Waals surface area contributed by atoms with E-state index < -0.39 is 28.9 Å². The first-order chi connectivity index (χ1) is 17.6. The van der Waals surface area contributed by atoms with Gasteiger partial charge in [0.1, 0.15) is 11.7 Å². The smallest absolute Gasteiger partial charge is 0.410 e. The van der Waals surface area contributed by atoms with Gasteiger partial charge in [0.05, 0.1) is 37.1 Å². The lowest BCUT2D eigenvalue weighted by molar-refractivity contribution is 0.0224. The van der Waals surface area contributed by atoms with Crippen molar-refractivity contribution in [3.05, 3.63) is 46.7 Å². The van der Waals surface area contributed by atoms with Crippen LogP contribution in [0, 0.1) is 45.3 Å². The van der Waals surface area contributed by atoms with Crippen LogP contribution in [0.25, 0.3) is 0 Å². The molecule has 0 saturated carbocycles. The zero-order chi connectivity index (χ0) is 27.4. The molecular formula is C28H33N5O4. The maximum atomic E-state index is 12.9. The first-order valence-corrected chi connectivity index (χ1v) is 12.3. The third-order valence-corrected chi connectivity index (χ3v) is 6.62. The Morgan fingerprint density at radius 2 is 1.92 bits per heavy atom. The number of carbonyl (C=O) groups is 1. The van der Waals surface area contributed by atoms with Gasteiger partial charge in [-0.2, -0.15) is 15.8 Å². The summed E-state index contributed by atoms with van der Waals surface area (Å²) in [5.41, 5.74) is 5.13. The van der Waals surface area contributed by atoms with Crippen molar-refractivity contribution >= 4 is 6.09 Å². The summed E-state index contributed by atoms with van der Waals surface area (Å²) < 4.78 is 17.0. The summed E-state index contributed by atoms with van der Waals surface area (Å²) in [4.78, 5) is 14.4. The Labute approximate surface area is 218 Å². The zero-order valence-electron chi connectivity index (χ0n) is 22.0. The molecule has 1 aromatic rings. The third-order valence-electron chi connectivity index (χ3n) is 6.62. The lowest BCUT2D eigenvalue weighted by Crippen LogP contribution is -2.50. The van der Waals surface area contributed by atoms with Crippen molar-refractivity contribution in [1.82, 2.24) is 4.90 Å². The maximum Gasteiger partial charge on any atom is 0.410 e. The molecule has 1 heterocycles. The van der Waals surface area contributed by atoms with Gasteiger partial charge < -0.3 is 24.8 Å². The number of allylic oxidation sites excluding steroid dienone is 2.